The summed E-state index contributed by atoms with van der Waals surface area (Å²) in [5.41, 5.74) is 2.54. The van der Waals surface area contributed by atoms with Crippen molar-refractivity contribution in [1.29, 1.82) is 0 Å². The smallest absolute Gasteiger partial charge is 0.214 e. The molecule has 2 nitrogen and oxygen atoms in total. The molecule has 0 fully saturated rings. The number of hydrogen-bond donors (Lipinski definition) is 0. The molecule has 0 saturated heterocycles. The Balaban J connectivity index is 2.29. The minimum absolute atomic E-state index is 0.952. The monoisotopic (exact) mass is 262 g/mol. The highest BCUT2D eigenvalue weighted by molar-refractivity contribution is 6.09. The van der Waals surface area contributed by atoms with Crippen LogP contribution in [0.4, 0.5) is 0 Å². The highest BCUT2D eigenvalue weighted by atomic mass is 16.3. The van der Waals surface area contributed by atoms with Gasteiger partial charge < -0.3 is 4.42 Å². The number of hydrogen-bond acceptors (Lipinski definition) is 1. The first kappa shape index (κ1) is 11.5. The van der Waals surface area contributed by atoms with Gasteiger partial charge >= 0.3 is 0 Å². The Morgan fingerprint density at radius 2 is 1.65 bits per heavy atom. The Hall–Kier alpha value is -2.35. The van der Waals surface area contributed by atoms with Gasteiger partial charge in [0.25, 0.3) is 0 Å². The van der Waals surface area contributed by atoms with E-state index in [1.165, 1.54) is 32.6 Å². The van der Waals surface area contributed by atoms with Crippen molar-refractivity contribution in [3.8, 4) is 0 Å². The molecule has 2 heteroatoms. The van der Waals surface area contributed by atoms with Gasteiger partial charge in [-0.05, 0) is 37.4 Å². The molecule has 0 bridgehead atoms. The van der Waals surface area contributed by atoms with Gasteiger partial charge in [-0.3, -0.25) is 0 Å². The van der Waals surface area contributed by atoms with Gasteiger partial charge in [0, 0.05) is 17.5 Å². The first-order valence-corrected chi connectivity index (χ1v) is 6.86. The third-order valence-electron chi connectivity index (χ3n) is 4.14. The minimum Gasteiger partial charge on any atom is -0.466 e. The van der Waals surface area contributed by atoms with Crippen LogP contribution in [0.3, 0.4) is 0 Å². The molecule has 0 N–H and O–H groups in total. The quantitative estimate of drug-likeness (QED) is 0.434. The van der Waals surface area contributed by atoms with Crippen molar-refractivity contribution >= 4 is 32.6 Å². The van der Waals surface area contributed by atoms with Gasteiger partial charge in [-0.15, -0.1) is 0 Å². The number of nitrogens with zero attached hydrogens (tertiary/aromatic N) is 1. The zero-order valence-electron chi connectivity index (χ0n) is 11.9. The summed E-state index contributed by atoms with van der Waals surface area (Å²) >= 11 is 0. The molecule has 2 heterocycles. The summed E-state index contributed by atoms with van der Waals surface area (Å²) in [6.45, 7) is 4.03. The first-order valence-electron chi connectivity index (χ1n) is 6.86. The number of aryl methyl sites for hydroxylation is 3. The highest BCUT2D eigenvalue weighted by Crippen LogP contribution is 2.30. The fraction of sp³-hybridized carbons (Fsp3) is 0.167. The highest BCUT2D eigenvalue weighted by Gasteiger charge is 2.17. The molecule has 0 saturated carbocycles. The van der Waals surface area contributed by atoms with Crippen molar-refractivity contribution < 1.29 is 8.98 Å². The van der Waals surface area contributed by atoms with E-state index in [-0.39, 0.29) is 0 Å². The number of rotatable bonds is 0. The zero-order chi connectivity index (χ0) is 13.9. The van der Waals surface area contributed by atoms with E-state index in [9.17, 15) is 0 Å². The van der Waals surface area contributed by atoms with E-state index in [1.54, 1.807) is 0 Å². The van der Waals surface area contributed by atoms with Crippen molar-refractivity contribution in [1.82, 2.24) is 0 Å². The number of aromatic nitrogens is 1. The van der Waals surface area contributed by atoms with Gasteiger partial charge in [-0.1, -0.05) is 12.1 Å². The molecule has 0 aliphatic heterocycles. The third kappa shape index (κ3) is 1.42. The minimum atomic E-state index is 0.952. The summed E-state index contributed by atoms with van der Waals surface area (Å²) in [5.74, 6) is 1.93. The lowest BCUT2D eigenvalue weighted by atomic mass is 10.1. The van der Waals surface area contributed by atoms with Crippen LogP contribution in [0.2, 0.25) is 0 Å². The Morgan fingerprint density at radius 1 is 0.850 bits per heavy atom. The predicted octanol–water partition coefficient (Wildman–Crippen LogP) is 4.18. The van der Waals surface area contributed by atoms with Crippen LogP contribution in [0, 0.1) is 13.8 Å². The third-order valence-corrected chi connectivity index (χ3v) is 4.14. The number of fused-ring (bicyclic) bond motifs is 4. The molecule has 4 rings (SSSR count). The molecular formula is C18H16NO+. The molecule has 2 aromatic carbocycles. The lowest BCUT2D eigenvalue weighted by Gasteiger charge is -2.03. The van der Waals surface area contributed by atoms with E-state index < -0.39 is 0 Å². The summed E-state index contributed by atoms with van der Waals surface area (Å²) in [4.78, 5) is 0. The van der Waals surface area contributed by atoms with E-state index >= 15 is 0 Å². The van der Waals surface area contributed by atoms with Gasteiger partial charge in [0.05, 0.1) is 10.8 Å². The van der Waals surface area contributed by atoms with Crippen molar-refractivity contribution in [2.45, 2.75) is 13.8 Å². The average molecular weight is 262 g/mol. The molecule has 0 amide bonds. The van der Waals surface area contributed by atoms with Crippen LogP contribution in [-0.2, 0) is 7.05 Å². The van der Waals surface area contributed by atoms with Crippen LogP contribution in [0.1, 0.15) is 11.5 Å². The maximum absolute atomic E-state index is 5.75. The largest absolute Gasteiger partial charge is 0.466 e. The normalized spacial score (nSPS) is 11.8. The summed E-state index contributed by atoms with van der Waals surface area (Å²) in [5, 5.41) is 5.02. The molecule has 0 spiro atoms. The lowest BCUT2D eigenvalue weighted by molar-refractivity contribution is -0.616. The van der Waals surface area contributed by atoms with Crippen LogP contribution >= 0.6 is 0 Å². The van der Waals surface area contributed by atoms with Crippen molar-refractivity contribution in [2.75, 3.05) is 0 Å². The summed E-state index contributed by atoms with van der Waals surface area (Å²) in [6, 6.07) is 15.2. The molecule has 0 atom stereocenters. The Bertz CT molecular complexity index is 979. The molecule has 4 aromatic rings. The van der Waals surface area contributed by atoms with E-state index in [1.807, 2.05) is 13.8 Å². The van der Waals surface area contributed by atoms with Gasteiger partial charge in [-0.2, -0.15) is 4.57 Å². The van der Waals surface area contributed by atoms with Gasteiger partial charge in [0.1, 0.15) is 18.6 Å². The molecule has 98 valence electrons. The van der Waals surface area contributed by atoms with Crippen LogP contribution in [-0.4, -0.2) is 0 Å². The number of benzene rings is 2. The molecule has 0 aliphatic carbocycles. The van der Waals surface area contributed by atoms with E-state index in [0.29, 0.717) is 0 Å². The predicted molar refractivity (Wildman–Crippen MR) is 81.9 cm³/mol. The zero-order valence-corrected chi connectivity index (χ0v) is 11.9. The molecular weight excluding hydrogens is 246 g/mol. The van der Waals surface area contributed by atoms with Crippen LogP contribution < -0.4 is 4.57 Å². The maximum Gasteiger partial charge on any atom is 0.214 e. The Morgan fingerprint density at radius 3 is 2.50 bits per heavy atom. The van der Waals surface area contributed by atoms with Crippen molar-refractivity contribution in [3.63, 3.8) is 0 Å². The van der Waals surface area contributed by atoms with Gasteiger partial charge in [0.2, 0.25) is 11.0 Å². The second-order valence-electron chi connectivity index (χ2n) is 5.45. The van der Waals surface area contributed by atoms with Crippen LogP contribution in [0.25, 0.3) is 32.6 Å². The Kier molecular flexibility index (Phi) is 2.19. The molecule has 0 aliphatic rings. The average Bonchev–Trinajstić information content (AvgIpc) is 2.71. The molecule has 20 heavy (non-hydrogen) atoms. The molecule has 0 unspecified atom stereocenters. The van der Waals surface area contributed by atoms with Crippen LogP contribution in [0.15, 0.2) is 46.9 Å². The SMILES string of the molecule is Cc1cc2cc3c(cc2c(C)o1)c1ccccc1[n+]3C. The maximum atomic E-state index is 5.75. The summed E-state index contributed by atoms with van der Waals surface area (Å²) in [7, 11) is 2.13. The fourth-order valence-corrected chi connectivity index (χ4v) is 3.19. The summed E-state index contributed by atoms with van der Waals surface area (Å²) < 4.78 is 8.01. The van der Waals surface area contributed by atoms with Crippen LogP contribution in [0.5, 0.6) is 0 Å². The first-order chi connectivity index (χ1) is 9.65. The Labute approximate surface area is 117 Å². The molecule has 2 aromatic heterocycles. The second kappa shape index (κ2) is 3.83. The van der Waals surface area contributed by atoms with Crippen molar-refractivity contribution in [2.24, 2.45) is 7.05 Å². The lowest BCUT2D eigenvalue weighted by Crippen LogP contribution is -2.26. The molecule has 0 radical (unpaired) electrons. The van der Waals surface area contributed by atoms with Gasteiger partial charge in [-0.25, -0.2) is 0 Å². The van der Waals surface area contributed by atoms with E-state index in [2.05, 4.69) is 54.1 Å². The second-order valence-corrected chi connectivity index (χ2v) is 5.45. The van der Waals surface area contributed by atoms with Gasteiger partial charge in [0.15, 0.2) is 0 Å². The summed E-state index contributed by atoms with van der Waals surface area (Å²) in [6.07, 6.45) is 0. The van der Waals surface area contributed by atoms with E-state index in [4.69, 9.17) is 4.42 Å². The van der Waals surface area contributed by atoms with Crippen molar-refractivity contribution in [3.05, 3.63) is 54.0 Å². The fourth-order valence-electron chi connectivity index (χ4n) is 3.19. The topological polar surface area (TPSA) is 17.0 Å². The number of para-hydroxylation sites is 1. The standard InChI is InChI=1S/C18H16NO/c1-11-8-13-9-18-16(10-15(13)12(2)20-11)14-6-4-5-7-17(14)19(18)3/h4-10H,1-3H3/q+1. The van der Waals surface area contributed by atoms with E-state index in [0.717, 1.165) is 11.5 Å².